The second-order valence-corrected chi connectivity index (χ2v) is 6.32. The SMILES string of the molecule is CN=C(NCc1ccc(Cl)cc1OC)N1CCN(c2ncccn2)CC1.I. The van der Waals surface area contributed by atoms with Crippen molar-refractivity contribution in [2.24, 2.45) is 4.99 Å². The van der Waals surface area contributed by atoms with Crippen molar-refractivity contribution in [2.45, 2.75) is 6.54 Å². The predicted octanol–water partition coefficient (Wildman–Crippen LogP) is 2.65. The number of rotatable bonds is 4. The summed E-state index contributed by atoms with van der Waals surface area (Å²) in [5.41, 5.74) is 1.04. The van der Waals surface area contributed by atoms with Gasteiger partial charge in [-0.05, 0) is 18.2 Å². The summed E-state index contributed by atoms with van der Waals surface area (Å²) in [6.45, 7) is 4.05. The lowest BCUT2D eigenvalue weighted by Gasteiger charge is -2.36. The minimum Gasteiger partial charge on any atom is -0.496 e. The fourth-order valence-corrected chi connectivity index (χ4v) is 3.11. The van der Waals surface area contributed by atoms with E-state index in [2.05, 4.69) is 30.1 Å². The molecule has 3 rings (SSSR count). The first kappa shape index (κ1) is 21.5. The minimum absolute atomic E-state index is 0. The zero-order valence-electron chi connectivity index (χ0n) is 15.4. The van der Waals surface area contributed by atoms with Crippen molar-refractivity contribution in [1.82, 2.24) is 20.2 Å². The van der Waals surface area contributed by atoms with Gasteiger partial charge >= 0.3 is 0 Å². The molecule has 146 valence electrons. The Hall–Kier alpha value is -1.81. The van der Waals surface area contributed by atoms with Crippen LogP contribution in [0.2, 0.25) is 5.02 Å². The molecular weight excluding hydrogens is 479 g/mol. The zero-order chi connectivity index (χ0) is 18.4. The lowest BCUT2D eigenvalue weighted by Crippen LogP contribution is -2.52. The summed E-state index contributed by atoms with van der Waals surface area (Å²) in [6.07, 6.45) is 3.55. The van der Waals surface area contributed by atoms with E-state index in [1.807, 2.05) is 24.3 Å². The number of hydrogen-bond donors (Lipinski definition) is 1. The first-order valence-corrected chi connectivity index (χ1v) is 8.89. The Kier molecular flexibility index (Phi) is 8.36. The third kappa shape index (κ3) is 5.58. The van der Waals surface area contributed by atoms with Gasteiger partial charge in [0.2, 0.25) is 5.95 Å². The molecule has 2 heterocycles. The van der Waals surface area contributed by atoms with Crippen LogP contribution in [0.15, 0.2) is 41.7 Å². The highest BCUT2D eigenvalue weighted by Crippen LogP contribution is 2.23. The van der Waals surface area contributed by atoms with Gasteiger partial charge in [-0.15, -0.1) is 24.0 Å². The van der Waals surface area contributed by atoms with E-state index >= 15 is 0 Å². The molecule has 1 saturated heterocycles. The Morgan fingerprint density at radius 2 is 1.93 bits per heavy atom. The highest BCUT2D eigenvalue weighted by atomic mass is 127. The maximum Gasteiger partial charge on any atom is 0.225 e. The van der Waals surface area contributed by atoms with Crippen LogP contribution in [0.4, 0.5) is 5.95 Å². The summed E-state index contributed by atoms with van der Waals surface area (Å²) in [6, 6.07) is 7.48. The van der Waals surface area contributed by atoms with Gasteiger partial charge in [-0.2, -0.15) is 0 Å². The van der Waals surface area contributed by atoms with Crippen molar-refractivity contribution in [1.29, 1.82) is 0 Å². The van der Waals surface area contributed by atoms with E-state index < -0.39 is 0 Å². The molecule has 9 heteroatoms. The number of aromatic nitrogens is 2. The first-order chi connectivity index (χ1) is 12.7. The molecule has 0 unspecified atom stereocenters. The topological polar surface area (TPSA) is 65.9 Å². The van der Waals surface area contributed by atoms with Gasteiger partial charge in [-0.25, -0.2) is 9.97 Å². The van der Waals surface area contributed by atoms with Crippen LogP contribution in [0.3, 0.4) is 0 Å². The molecule has 0 spiro atoms. The molecule has 2 aromatic rings. The van der Waals surface area contributed by atoms with Crippen molar-refractivity contribution in [3.05, 3.63) is 47.2 Å². The van der Waals surface area contributed by atoms with Gasteiger partial charge in [0.05, 0.1) is 7.11 Å². The van der Waals surface area contributed by atoms with Crippen LogP contribution in [0.1, 0.15) is 5.56 Å². The number of aliphatic imine (C=N–C) groups is 1. The van der Waals surface area contributed by atoms with Gasteiger partial charge in [-0.1, -0.05) is 17.7 Å². The lowest BCUT2D eigenvalue weighted by atomic mass is 10.2. The molecule has 1 aromatic carbocycles. The maximum absolute atomic E-state index is 6.02. The molecule has 1 N–H and O–H groups in total. The van der Waals surface area contributed by atoms with E-state index in [9.17, 15) is 0 Å². The summed E-state index contributed by atoms with van der Waals surface area (Å²) in [5.74, 6) is 2.42. The predicted molar refractivity (Wildman–Crippen MR) is 119 cm³/mol. The normalized spacial score (nSPS) is 14.6. The van der Waals surface area contributed by atoms with Crippen LogP contribution in [0.5, 0.6) is 5.75 Å². The fourth-order valence-electron chi connectivity index (χ4n) is 2.94. The summed E-state index contributed by atoms with van der Waals surface area (Å²) >= 11 is 6.02. The van der Waals surface area contributed by atoms with Crippen LogP contribution in [-0.2, 0) is 6.54 Å². The van der Waals surface area contributed by atoms with E-state index in [1.54, 1.807) is 26.6 Å². The van der Waals surface area contributed by atoms with E-state index in [0.717, 1.165) is 49.4 Å². The number of nitrogens with one attached hydrogen (secondary N) is 1. The molecule has 7 nitrogen and oxygen atoms in total. The van der Waals surface area contributed by atoms with E-state index in [4.69, 9.17) is 16.3 Å². The van der Waals surface area contributed by atoms with Crippen molar-refractivity contribution in [2.75, 3.05) is 45.2 Å². The van der Waals surface area contributed by atoms with E-state index in [1.165, 1.54) is 0 Å². The van der Waals surface area contributed by atoms with Crippen LogP contribution >= 0.6 is 35.6 Å². The third-order valence-electron chi connectivity index (χ3n) is 4.31. The number of anilines is 1. The summed E-state index contributed by atoms with van der Waals surface area (Å²) in [5, 5.41) is 4.07. The fraction of sp³-hybridized carbons (Fsp3) is 0.389. The Morgan fingerprint density at radius 3 is 2.56 bits per heavy atom. The molecule has 0 aliphatic carbocycles. The summed E-state index contributed by atoms with van der Waals surface area (Å²) < 4.78 is 5.40. The largest absolute Gasteiger partial charge is 0.496 e. The maximum atomic E-state index is 6.02. The number of nitrogens with zero attached hydrogens (tertiary/aromatic N) is 5. The molecule has 1 aliphatic rings. The van der Waals surface area contributed by atoms with Crippen molar-refractivity contribution in [3.8, 4) is 5.75 Å². The number of halogens is 2. The Morgan fingerprint density at radius 1 is 1.22 bits per heavy atom. The third-order valence-corrected chi connectivity index (χ3v) is 4.55. The van der Waals surface area contributed by atoms with Gasteiger partial charge in [-0.3, -0.25) is 4.99 Å². The summed E-state index contributed by atoms with van der Waals surface area (Å²) in [7, 11) is 3.45. The molecule has 27 heavy (non-hydrogen) atoms. The summed E-state index contributed by atoms with van der Waals surface area (Å²) in [4.78, 5) is 17.5. The van der Waals surface area contributed by atoms with E-state index in [-0.39, 0.29) is 24.0 Å². The Bertz CT molecular complexity index is 753. The van der Waals surface area contributed by atoms with E-state index in [0.29, 0.717) is 11.6 Å². The standard InChI is InChI=1S/C18H23ClN6O.HI/c1-20-17(23-13-14-4-5-15(19)12-16(14)26-2)24-8-10-25(11-9-24)18-21-6-3-7-22-18;/h3-7,12H,8-11,13H2,1-2H3,(H,20,23);1H. The molecule has 0 bridgehead atoms. The van der Waals surface area contributed by atoms with Crippen molar-refractivity contribution < 1.29 is 4.74 Å². The number of benzene rings is 1. The van der Waals surface area contributed by atoms with Gasteiger partial charge in [0.1, 0.15) is 5.75 Å². The number of piperazine rings is 1. The van der Waals surface area contributed by atoms with Gasteiger partial charge in [0, 0.05) is 62.8 Å². The number of guanidine groups is 1. The smallest absolute Gasteiger partial charge is 0.225 e. The first-order valence-electron chi connectivity index (χ1n) is 8.51. The average Bonchev–Trinajstić information content (AvgIpc) is 2.70. The van der Waals surface area contributed by atoms with Crippen LogP contribution < -0.4 is 15.0 Å². The molecule has 1 fully saturated rings. The van der Waals surface area contributed by atoms with Crippen molar-refractivity contribution in [3.63, 3.8) is 0 Å². The second kappa shape index (κ2) is 10.5. The number of methoxy groups -OCH3 is 1. The van der Waals surface area contributed by atoms with Crippen molar-refractivity contribution >= 4 is 47.5 Å². The van der Waals surface area contributed by atoms with Gasteiger partial charge < -0.3 is 19.9 Å². The van der Waals surface area contributed by atoms with Crippen LogP contribution in [0, 0.1) is 0 Å². The highest BCUT2D eigenvalue weighted by molar-refractivity contribution is 14.0. The van der Waals surface area contributed by atoms with Crippen LogP contribution in [-0.4, -0.2) is 61.2 Å². The Labute approximate surface area is 181 Å². The van der Waals surface area contributed by atoms with Crippen LogP contribution in [0.25, 0.3) is 0 Å². The van der Waals surface area contributed by atoms with Gasteiger partial charge in [0.25, 0.3) is 0 Å². The monoisotopic (exact) mass is 502 g/mol. The molecule has 0 atom stereocenters. The number of hydrogen-bond acceptors (Lipinski definition) is 5. The molecular formula is C18H24ClIN6O. The molecule has 0 amide bonds. The quantitative estimate of drug-likeness (QED) is 0.394. The molecule has 1 aromatic heterocycles. The minimum atomic E-state index is 0. The average molecular weight is 503 g/mol. The second-order valence-electron chi connectivity index (χ2n) is 5.88. The highest BCUT2D eigenvalue weighted by Gasteiger charge is 2.21. The zero-order valence-corrected chi connectivity index (χ0v) is 18.5. The van der Waals surface area contributed by atoms with Gasteiger partial charge in [0.15, 0.2) is 5.96 Å². The number of ether oxygens (including phenoxy) is 1. The molecule has 1 aliphatic heterocycles. The molecule has 0 radical (unpaired) electrons. The lowest BCUT2D eigenvalue weighted by molar-refractivity contribution is 0.369. The molecule has 0 saturated carbocycles. The Balaban J connectivity index is 0.00000261.